The summed E-state index contributed by atoms with van der Waals surface area (Å²) in [6.45, 7) is 2.40. The van der Waals surface area contributed by atoms with Gasteiger partial charge < -0.3 is 19.5 Å². The number of Topliss-reactive ketones (excluding diaryl/α,β-unsaturated/α-hetero) is 1. The van der Waals surface area contributed by atoms with Crippen molar-refractivity contribution in [3.05, 3.63) is 101 Å². The number of para-hydroxylation sites is 1. The summed E-state index contributed by atoms with van der Waals surface area (Å²) in [6.07, 6.45) is 0. The predicted octanol–water partition coefficient (Wildman–Crippen LogP) is 4.86. The molecule has 3 aromatic carbocycles. The Morgan fingerprint density at radius 1 is 0.939 bits per heavy atom. The van der Waals surface area contributed by atoms with Crippen molar-refractivity contribution in [3.8, 4) is 11.5 Å². The molecule has 1 amide bonds. The van der Waals surface area contributed by atoms with Gasteiger partial charge in [0.25, 0.3) is 11.7 Å². The average Bonchev–Trinajstić information content (AvgIpc) is 3.08. The van der Waals surface area contributed by atoms with E-state index in [1.54, 1.807) is 30.3 Å². The Hall–Kier alpha value is -3.90. The summed E-state index contributed by atoms with van der Waals surface area (Å²) in [6, 6.07) is 22.9. The number of benzene rings is 3. The van der Waals surface area contributed by atoms with Gasteiger partial charge in [0.15, 0.2) is 0 Å². The Kier molecular flexibility index (Phi) is 6.56. The SMILES string of the molecule is COCCN1C(=O)C(=O)C(=C(O)c2ccc(C)cc2)[C@H]1c1cccc(Oc2ccccc2)c1. The maximum absolute atomic E-state index is 13.0. The van der Waals surface area contributed by atoms with E-state index in [4.69, 9.17) is 9.47 Å². The number of rotatable bonds is 7. The summed E-state index contributed by atoms with van der Waals surface area (Å²) in [5, 5.41) is 11.1. The molecule has 3 aromatic rings. The highest BCUT2D eigenvalue weighted by Gasteiger charge is 2.46. The van der Waals surface area contributed by atoms with Gasteiger partial charge in [-0.2, -0.15) is 0 Å². The smallest absolute Gasteiger partial charge is 0.295 e. The van der Waals surface area contributed by atoms with E-state index in [1.807, 2.05) is 55.5 Å². The largest absolute Gasteiger partial charge is 0.507 e. The van der Waals surface area contributed by atoms with Crippen LogP contribution in [0.1, 0.15) is 22.7 Å². The minimum atomic E-state index is -0.763. The van der Waals surface area contributed by atoms with Crippen LogP contribution in [0.5, 0.6) is 11.5 Å². The minimum Gasteiger partial charge on any atom is -0.507 e. The molecule has 33 heavy (non-hydrogen) atoms. The van der Waals surface area contributed by atoms with Gasteiger partial charge in [-0.15, -0.1) is 0 Å². The summed E-state index contributed by atoms with van der Waals surface area (Å²) in [5.41, 5.74) is 2.21. The molecule has 0 bridgehead atoms. The van der Waals surface area contributed by atoms with Gasteiger partial charge in [0.1, 0.15) is 17.3 Å². The molecule has 1 saturated heterocycles. The van der Waals surface area contributed by atoms with Gasteiger partial charge in [-0.25, -0.2) is 0 Å². The first kappa shape index (κ1) is 22.3. The number of methoxy groups -OCH3 is 1. The zero-order valence-electron chi connectivity index (χ0n) is 18.5. The highest BCUT2D eigenvalue weighted by atomic mass is 16.5. The Bertz CT molecular complexity index is 1180. The molecule has 4 rings (SSSR count). The van der Waals surface area contributed by atoms with Gasteiger partial charge in [-0.3, -0.25) is 9.59 Å². The molecule has 1 aliphatic heterocycles. The molecule has 0 saturated carbocycles. The van der Waals surface area contributed by atoms with Gasteiger partial charge >= 0.3 is 0 Å². The molecule has 1 atom stereocenters. The third-order valence-corrected chi connectivity index (χ3v) is 5.55. The highest BCUT2D eigenvalue weighted by molar-refractivity contribution is 6.46. The van der Waals surface area contributed by atoms with Crippen LogP contribution in [-0.2, 0) is 14.3 Å². The number of ketones is 1. The lowest BCUT2D eigenvalue weighted by Gasteiger charge is -2.25. The van der Waals surface area contributed by atoms with Crippen LogP contribution >= 0.6 is 0 Å². The number of ether oxygens (including phenoxy) is 2. The Morgan fingerprint density at radius 2 is 1.64 bits per heavy atom. The normalized spacial score (nSPS) is 17.4. The van der Waals surface area contributed by atoms with Crippen LogP contribution < -0.4 is 4.74 Å². The zero-order chi connectivity index (χ0) is 23.4. The zero-order valence-corrected chi connectivity index (χ0v) is 18.5. The number of amides is 1. The molecule has 6 nitrogen and oxygen atoms in total. The first-order valence-corrected chi connectivity index (χ1v) is 10.7. The van der Waals surface area contributed by atoms with E-state index in [1.165, 1.54) is 12.0 Å². The van der Waals surface area contributed by atoms with Crippen LogP contribution in [0, 0.1) is 6.92 Å². The van der Waals surface area contributed by atoms with Gasteiger partial charge in [0.2, 0.25) is 0 Å². The monoisotopic (exact) mass is 443 g/mol. The van der Waals surface area contributed by atoms with Gasteiger partial charge in [-0.1, -0.05) is 60.2 Å². The Labute approximate surface area is 192 Å². The number of aliphatic hydroxyl groups excluding tert-OH is 1. The predicted molar refractivity (Wildman–Crippen MR) is 125 cm³/mol. The fraction of sp³-hybridized carbons (Fsp3) is 0.185. The van der Waals surface area contributed by atoms with Crippen molar-refractivity contribution in [3.63, 3.8) is 0 Å². The molecule has 1 N–H and O–H groups in total. The first-order chi connectivity index (χ1) is 16.0. The number of carbonyl (C=O) groups is 2. The maximum atomic E-state index is 13.0. The molecule has 6 heteroatoms. The maximum Gasteiger partial charge on any atom is 0.295 e. The standard InChI is InChI=1S/C27H25NO5/c1-18-11-13-19(14-12-18)25(29)23-24(28(15-16-32-2)27(31)26(23)30)20-7-6-10-22(17-20)33-21-8-4-3-5-9-21/h3-14,17,24,29H,15-16H2,1-2H3/t24-/m1/s1. The van der Waals surface area contributed by atoms with E-state index in [0.717, 1.165) is 5.56 Å². The van der Waals surface area contributed by atoms with Gasteiger partial charge in [0, 0.05) is 19.2 Å². The van der Waals surface area contributed by atoms with Crippen molar-refractivity contribution in [1.29, 1.82) is 0 Å². The van der Waals surface area contributed by atoms with Gasteiger partial charge in [-0.05, 0) is 36.8 Å². The van der Waals surface area contributed by atoms with Crippen LogP contribution in [0.25, 0.3) is 5.76 Å². The van der Waals surface area contributed by atoms with Crippen molar-refractivity contribution in [2.75, 3.05) is 20.3 Å². The summed E-state index contributed by atoms with van der Waals surface area (Å²) in [7, 11) is 1.53. The summed E-state index contributed by atoms with van der Waals surface area (Å²) in [4.78, 5) is 27.4. The molecule has 0 aliphatic carbocycles. The molecule has 0 spiro atoms. The summed E-state index contributed by atoms with van der Waals surface area (Å²) >= 11 is 0. The number of hydrogen-bond donors (Lipinski definition) is 1. The number of nitrogens with zero attached hydrogens (tertiary/aromatic N) is 1. The van der Waals surface area contributed by atoms with E-state index < -0.39 is 17.7 Å². The highest BCUT2D eigenvalue weighted by Crippen LogP contribution is 2.40. The van der Waals surface area contributed by atoms with E-state index in [-0.39, 0.29) is 24.5 Å². The summed E-state index contributed by atoms with van der Waals surface area (Å²) in [5.74, 6) is -0.356. The molecule has 1 fully saturated rings. The number of likely N-dealkylation sites (tertiary alicyclic amines) is 1. The second-order valence-electron chi connectivity index (χ2n) is 7.84. The average molecular weight is 443 g/mol. The molecule has 0 radical (unpaired) electrons. The Morgan fingerprint density at radius 3 is 2.33 bits per heavy atom. The number of aryl methyl sites for hydroxylation is 1. The van der Waals surface area contributed by atoms with Crippen LogP contribution in [0.4, 0.5) is 0 Å². The quantitative estimate of drug-likeness (QED) is 0.321. The lowest BCUT2D eigenvalue weighted by molar-refractivity contribution is -0.140. The number of carbonyl (C=O) groups excluding carboxylic acids is 2. The lowest BCUT2D eigenvalue weighted by atomic mass is 9.95. The Balaban J connectivity index is 1.79. The molecule has 0 unspecified atom stereocenters. The van der Waals surface area contributed by atoms with Crippen molar-refractivity contribution in [1.82, 2.24) is 4.90 Å². The van der Waals surface area contributed by atoms with Crippen LogP contribution in [0.3, 0.4) is 0 Å². The molecule has 0 aromatic heterocycles. The van der Waals surface area contributed by atoms with E-state index in [9.17, 15) is 14.7 Å². The topological polar surface area (TPSA) is 76.1 Å². The van der Waals surface area contributed by atoms with Crippen LogP contribution in [0.2, 0.25) is 0 Å². The fourth-order valence-electron chi connectivity index (χ4n) is 3.89. The molecule has 168 valence electrons. The first-order valence-electron chi connectivity index (χ1n) is 10.7. The van der Waals surface area contributed by atoms with E-state index in [2.05, 4.69) is 0 Å². The lowest BCUT2D eigenvalue weighted by Crippen LogP contribution is -2.32. The second-order valence-corrected chi connectivity index (χ2v) is 7.84. The molecule has 1 heterocycles. The molecular weight excluding hydrogens is 418 g/mol. The van der Waals surface area contributed by atoms with E-state index in [0.29, 0.717) is 22.6 Å². The summed E-state index contributed by atoms with van der Waals surface area (Å²) < 4.78 is 11.1. The molecular formula is C27H25NO5. The van der Waals surface area contributed by atoms with Crippen molar-refractivity contribution in [2.45, 2.75) is 13.0 Å². The van der Waals surface area contributed by atoms with Gasteiger partial charge in [0.05, 0.1) is 18.2 Å². The third-order valence-electron chi connectivity index (χ3n) is 5.55. The van der Waals surface area contributed by atoms with E-state index >= 15 is 0 Å². The number of hydrogen-bond acceptors (Lipinski definition) is 5. The van der Waals surface area contributed by atoms with Crippen molar-refractivity contribution >= 4 is 17.4 Å². The third kappa shape index (κ3) is 4.66. The minimum absolute atomic E-state index is 0.0526. The second kappa shape index (κ2) is 9.71. The molecule has 1 aliphatic rings. The number of aliphatic hydroxyl groups is 1. The van der Waals surface area contributed by atoms with Crippen molar-refractivity contribution < 1.29 is 24.2 Å². The van der Waals surface area contributed by atoms with Crippen LogP contribution in [0.15, 0.2) is 84.4 Å². The van der Waals surface area contributed by atoms with Crippen molar-refractivity contribution in [2.24, 2.45) is 0 Å². The van der Waals surface area contributed by atoms with Crippen LogP contribution in [-0.4, -0.2) is 42.0 Å². The fourth-order valence-corrected chi connectivity index (χ4v) is 3.89.